The molecule has 0 spiro atoms. The lowest BCUT2D eigenvalue weighted by molar-refractivity contribution is -0.153. The fourth-order valence-electron chi connectivity index (χ4n) is 2.49. The summed E-state index contributed by atoms with van der Waals surface area (Å²) in [7, 11) is 3.04. The van der Waals surface area contributed by atoms with Gasteiger partial charge in [0.2, 0.25) is 0 Å². The maximum absolute atomic E-state index is 12.3. The van der Waals surface area contributed by atoms with E-state index in [1.807, 2.05) is 30.3 Å². The number of ether oxygens (including phenoxy) is 3. The zero-order chi connectivity index (χ0) is 21.8. The van der Waals surface area contributed by atoms with Crippen LogP contribution in [0.4, 0.5) is 13.2 Å². The van der Waals surface area contributed by atoms with Crippen LogP contribution in [0.25, 0.3) is 0 Å². The molecule has 2 N–H and O–H groups in total. The Morgan fingerprint density at radius 2 is 1.74 bits per heavy atom. The summed E-state index contributed by atoms with van der Waals surface area (Å²) in [4.78, 5) is 4.15. The van der Waals surface area contributed by atoms with Crippen LogP contribution in [0.1, 0.15) is 12.0 Å². The lowest BCUT2D eigenvalue weighted by Gasteiger charge is -2.15. The van der Waals surface area contributed by atoms with Crippen LogP contribution in [-0.2, 0) is 6.54 Å². The fraction of sp³-hybridized carbons (Fsp3) is 0.381. The molecular formula is C21H27F3IN3O3. The van der Waals surface area contributed by atoms with E-state index < -0.39 is 12.8 Å². The van der Waals surface area contributed by atoms with E-state index >= 15 is 0 Å². The maximum atomic E-state index is 12.3. The molecule has 0 aliphatic rings. The first-order valence-corrected chi connectivity index (χ1v) is 9.40. The number of benzene rings is 2. The fourth-order valence-corrected chi connectivity index (χ4v) is 2.49. The summed E-state index contributed by atoms with van der Waals surface area (Å²) < 4.78 is 52.6. The van der Waals surface area contributed by atoms with Crippen LogP contribution in [0.5, 0.6) is 17.2 Å². The van der Waals surface area contributed by atoms with Crippen LogP contribution in [0.15, 0.2) is 53.5 Å². The second-order valence-electron chi connectivity index (χ2n) is 6.26. The molecule has 0 aliphatic carbocycles. The summed E-state index contributed by atoms with van der Waals surface area (Å²) in [6.07, 6.45) is -3.62. The third kappa shape index (κ3) is 10.5. The van der Waals surface area contributed by atoms with Crippen molar-refractivity contribution in [2.75, 3.05) is 33.9 Å². The molecule has 0 unspecified atom stereocenters. The molecule has 10 heteroatoms. The summed E-state index contributed by atoms with van der Waals surface area (Å²) in [5.74, 6) is 1.71. The average molecular weight is 553 g/mol. The van der Waals surface area contributed by atoms with Crippen molar-refractivity contribution in [2.45, 2.75) is 19.1 Å². The zero-order valence-corrected chi connectivity index (χ0v) is 19.7. The van der Waals surface area contributed by atoms with Crippen LogP contribution in [-0.4, -0.2) is 46.1 Å². The van der Waals surface area contributed by atoms with Gasteiger partial charge in [-0.05, 0) is 36.2 Å². The van der Waals surface area contributed by atoms with Crippen LogP contribution in [0, 0.1) is 0 Å². The smallest absolute Gasteiger partial charge is 0.422 e. The van der Waals surface area contributed by atoms with Crippen molar-refractivity contribution in [1.29, 1.82) is 0 Å². The quantitative estimate of drug-likeness (QED) is 0.198. The minimum Gasteiger partial charge on any atom is -0.494 e. The summed E-state index contributed by atoms with van der Waals surface area (Å²) >= 11 is 0. The van der Waals surface area contributed by atoms with Gasteiger partial charge in [0.25, 0.3) is 0 Å². The van der Waals surface area contributed by atoms with Crippen LogP contribution in [0.3, 0.4) is 0 Å². The van der Waals surface area contributed by atoms with Crippen LogP contribution < -0.4 is 24.8 Å². The van der Waals surface area contributed by atoms with Gasteiger partial charge in [0.1, 0.15) is 5.75 Å². The summed E-state index contributed by atoms with van der Waals surface area (Å²) in [6, 6.07) is 14.3. The van der Waals surface area contributed by atoms with Crippen molar-refractivity contribution in [3.63, 3.8) is 0 Å². The number of rotatable bonds is 10. The Kier molecular flexibility index (Phi) is 11.9. The molecule has 31 heavy (non-hydrogen) atoms. The Balaban J connectivity index is 0.00000480. The normalized spacial score (nSPS) is 11.3. The predicted molar refractivity (Wildman–Crippen MR) is 125 cm³/mol. The number of methoxy groups -OCH3 is 1. The highest BCUT2D eigenvalue weighted by molar-refractivity contribution is 14.0. The highest BCUT2D eigenvalue weighted by Gasteiger charge is 2.29. The summed E-state index contributed by atoms with van der Waals surface area (Å²) in [6.45, 7) is 0.284. The lowest BCUT2D eigenvalue weighted by Crippen LogP contribution is -2.37. The van der Waals surface area contributed by atoms with E-state index in [4.69, 9.17) is 14.2 Å². The van der Waals surface area contributed by atoms with Gasteiger partial charge in [-0.2, -0.15) is 13.2 Å². The highest BCUT2D eigenvalue weighted by Crippen LogP contribution is 2.29. The lowest BCUT2D eigenvalue weighted by atomic mass is 10.2. The number of nitrogens with one attached hydrogen (secondary N) is 2. The molecule has 6 nitrogen and oxygen atoms in total. The molecule has 0 amide bonds. The molecule has 2 aromatic rings. The minimum absolute atomic E-state index is 0. The first-order valence-electron chi connectivity index (χ1n) is 9.40. The van der Waals surface area contributed by atoms with Crippen molar-refractivity contribution < 1.29 is 27.4 Å². The average Bonchev–Trinajstić information content (AvgIpc) is 2.74. The molecule has 0 saturated carbocycles. The second-order valence-corrected chi connectivity index (χ2v) is 6.26. The zero-order valence-electron chi connectivity index (χ0n) is 17.4. The van der Waals surface area contributed by atoms with Crippen molar-refractivity contribution in [1.82, 2.24) is 10.6 Å². The Morgan fingerprint density at radius 1 is 1.00 bits per heavy atom. The first kappa shape index (κ1) is 26.7. The largest absolute Gasteiger partial charge is 0.494 e. The molecule has 172 valence electrons. The molecule has 2 aromatic carbocycles. The number of para-hydroxylation sites is 1. The molecule has 0 aliphatic heterocycles. The van der Waals surface area contributed by atoms with Gasteiger partial charge in [0.05, 0.1) is 13.7 Å². The number of nitrogens with zero attached hydrogens (tertiary/aromatic N) is 1. The number of halogens is 4. The monoisotopic (exact) mass is 553 g/mol. The summed E-state index contributed by atoms with van der Waals surface area (Å²) in [5, 5.41) is 6.32. The van der Waals surface area contributed by atoms with E-state index in [1.54, 1.807) is 19.2 Å². The van der Waals surface area contributed by atoms with E-state index in [-0.39, 0.29) is 35.5 Å². The van der Waals surface area contributed by atoms with Gasteiger partial charge in [0, 0.05) is 20.1 Å². The molecule has 0 radical (unpaired) electrons. The Morgan fingerprint density at radius 3 is 2.39 bits per heavy atom. The van der Waals surface area contributed by atoms with E-state index in [9.17, 15) is 13.2 Å². The Hall–Kier alpha value is -2.37. The number of aliphatic imine (C=N–C) groups is 1. The Bertz CT molecular complexity index is 805. The minimum atomic E-state index is -4.41. The van der Waals surface area contributed by atoms with Gasteiger partial charge >= 0.3 is 6.18 Å². The van der Waals surface area contributed by atoms with Gasteiger partial charge in [-0.25, -0.2) is 0 Å². The topological polar surface area (TPSA) is 64.1 Å². The van der Waals surface area contributed by atoms with Gasteiger partial charge in [-0.15, -0.1) is 24.0 Å². The van der Waals surface area contributed by atoms with Crippen molar-refractivity contribution >= 4 is 29.9 Å². The SMILES string of the molecule is CN=C(NCCCOc1ccccc1)NCc1ccc(OCC(F)(F)F)c(OC)c1.I. The van der Waals surface area contributed by atoms with E-state index in [0.717, 1.165) is 17.7 Å². The maximum Gasteiger partial charge on any atom is 0.422 e. The van der Waals surface area contributed by atoms with Gasteiger partial charge in [0.15, 0.2) is 24.1 Å². The van der Waals surface area contributed by atoms with Crippen molar-refractivity contribution in [3.8, 4) is 17.2 Å². The third-order valence-electron chi connectivity index (χ3n) is 3.93. The molecule has 0 fully saturated rings. The van der Waals surface area contributed by atoms with Gasteiger partial charge in [-0.1, -0.05) is 24.3 Å². The number of hydrogen-bond acceptors (Lipinski definition) is 4. The van der Waals surface area contributed by atoms with Gasteiger partial charge < -0.3 is 24.8 Å². The molecule has 0 aromatic heterocycles. The number of hydrogen-bond donors (Lipinski definition) is 2. The third-order valence-corrected chi connectivity index (χ3v) is 3.93. The molecule has 0 heterocycles. The number of guanidine groups is 1. The summed E-state index contributed by atoms with van der Waals surface area (Å²) in [5.41, 5.74) is 0.807. The highest BCUT2D eigenvalue weighted by atomic mass is 127. The molecule has 0 atom stereocenters. The number of alkyl halides is 3. The van der Waals surface area contributed by atoms with Crippen molar-refractivity contribution in [2.24, 2.45) is 4.99 Å². The van der Waals surface area contributed by atoms with E-state index in [1.165, 1.54) is 13.2 Å². The predicted octanol–water partition coefficient (Wildman–Crippen LogP) is 4.39. The van der Waals surface area contributed by atoms with Crippen LogP contribution in [0.2, 0.25) is 0 Å². The second kappa shape index (κ2) is 13.8. The molecule has 0 saturated heterocycles. The van der Waals surface area contributed by atoms with E-state index in [2.05, 4.69) is 15.6 Å². The van der Waals surface area contributed by atoms with Crippen molar-refractivity contribution in [3.05, 3.63) is 54.1 Å². The molecule has 2 rings (SSSR count). The van der Waals surface area contributed by atoms with Gasteiger partial charge in [-0.3, -0.25) is 4.99 Å². The molecular weight excluding hydrogens is 526 g/mol. The Labute approximate surface area is 197 Å². The first-order chi connectivity index (χ1) is 14.4. The van der Waals surface area contributed by atoms with E-state index in [0.29, 0.717) is 25.7 Å². The van der Waals surface area contributed by atoms with Crippen LogP contribution >= 0.6 is 24.0 Å². The standard InChI is InChI=1S/C21H26F3N3O3.HI/c1-25-20(26-11-6-12-29-17-7-4-3-5-8-17)27-14-16-9-10-18(19(13-16)28-2)30-15-21(22,23)24;/h3-5,7-10,13H,6,11-12,14-15H2,1-2H3,(H2,25,26,27);1H. The molecule has 0 bridgehead atoms.